The van der Waals surface area contributed by atoms with Gasteiger partial charge in [0.2, 0.25) is 0 Å². The first-order valence-electron chi connectivity index (χ1n) is 11.0. The molecule has 1 amide bonds. The van der Waals surface area contributed by atoms with Crippen LogP contribution in [0.15, 0.2) is 30.6 Å². The number of nitrogens with one attached hydrogen (secondary N) is 3. The maximum absolute atomic E-state index is 12.2. The lowest BCUT2D eigenvalue weighted by molar-refractivity contribution is 0.0951. The van der Waals surface area contributed by atoms with E-state index in [2.05, 4.69) is 58.2 Å². The molecule has 0 saturated heterocycles. The van der Waals surface area contributed by atoms with Crippen molar-refractivity contribution < 1.29 is 4.79 Å². The Kier molecular flexibility index (Phi) is 6.18. The first-order chi connectivity index (χ1) is 14.9. The lowest BCUT2D eigenvalue weighted by Gasteiger charge is -2.30. The monoisotopic (exact) mass is 421 g/mol. The van der Waals surface area contributed by atoms with Gasteiger partial charge < -0.3 is 15.6 Å². The van der Waals surface area contributed by atoms with Gasteiger partial charge >= 0.3 is 0 Å². The van der Waals surface area contributed by atoms with Crippen LogP contribution in [0.4, 0.5) is 5.82 Å². The van der Waals surface area contributed by atoms with Crippen molar-refractivity contribution in [3.8, 4) is 11.4 Å². The number of carbonyl (C=O) groups excluding carboxylic acids is 1. The number of aromatic amines is 1. The molecule has 1 saturated carbocycles. The van der Waals surface area contributed by atoms with Crippen LogP contribution in [0.3, 0.4) is 0 Å². The first kappa shape index (κ1) is 21.2. The van der Waals surface area contributed by atoms with Gasteiger partial charge in [-0.3, -0.25) is 9.69 Å². The number of H-pyrrole nitrogens is 1. The van der Waals surface area contributed by atoms with Crippen molar-refractivity contribution >= 4 is 22.9 Å². The van der Waals surface area contributed by atoms with E-state index in [-0.39, 0.29) is 5.91 Å². The molecule has 2 aromatic heterocycles. The first-order valence-corrected chi connectivity index (χ1v) is 11.0. The largest absolute Gasteiger partial charge is 0.367 e. The van der Waals surface area contributed by atoms with Gasteiger partial charge in [0.15, 0.2) is 17.3 Å². The summed E-state index contributed by atoms with van der Waals surface area (Å²) in [4.78, 5) is 31.5. The van der Waals surface area contributed by atoms with E-state index in [1.807, 2.05) is 24.3 Å². The summed E-state index contributed by atoms with van der Waals surface area (Å²) in [7, 11) is 0. The van der Waals surface area contributed by atoms with Crippen molar-refractivity contribution in [1.82, 2.24) is 30.2 Å². The van der Waals surface area contributed by atoms with Gasteiger partial charge in [0, 0.05) is 42.3 Å². The van der Waals surface area contributed by atoms with Crippen LogP contribution in [-0.2, 0) is 0 Å². The van der Waals surface area contributed by atoms with Gasteiger partial charge in [-0.25, -0.2) is 15.0 Å². The minimum absolute atomic E-state index is 0.0278. The van der Waals surface area contributed by atoms with Gasteiger partial charge in [-0.15, -0.1) is 0 Å². The van der Waals surface area contributed by atoms with Gasteiger partial charge in [0.25, 0.3) is 5.91 Å². The van der Waals surface area contributed by atoms with Crippen molar-refractivity contribution in [2.24, 2.45) is 0 Å². The lowest BCUT2D eigenvalue weighted by atomic mass is 10.1. The number of fused-ring (bicyclic) bond motifs is 1. The highest BCUT2D eigenvalue weighted by Crippen LogP contribution is 2.24. The molecule has 1 aromatic carbocycles. The van der Waals surface area contributed by atoms with Crippen LogP contribution in [0, 0.1) is 0 Å². The Hall–Kier alpha value is -3.00. The van der Waals surface area contributed by atoms with E-state index >= 15 is 0 Å². The molecule has 8 nitrogen and oxygen atoms in total. The Bertz CT molecular complexity index is 1030. The lowest BCUT2D eigenvalue weighted by Crippen LogP contribution is -2.40. The van der Waals surface area contributed by atoms with Gasteiger partial charge in [0.05, 0.1) is 6.33 Å². The predicted octanol–water partition coefficient (Wildman–Crippen LogP) is 3.44. The number of hydrogen-bond acceptors (Lipinski definition) is 6. The maximum atomic E-state index is 12.2. The molecule has 1 fully saturated rings. The summed E-state index contributed by atoms with van der Waals surface area (Å²) in [5.41, 5.74) is 2.91. The Morgan fingerprint density at radius 2 is 1.84 bits per heavy atom. The summed E-state index contributed by atoms with van der Waals surface area (Å²) in [6.07, 6.45) is 3.78. The van der Waals surface area contributed by atoms with E-state index in [1.165, 1.54) is 0 Å². The molecule has 0 atom stereocenters. The second-order valence-electron chi connectivity index (χ2n) is 8.67. The Morgan fingerprint density at radius 1 is 1.13 bits per heavy atom. The zero-order valence-electron chi connectivity index (χ0n) is 18.6. The molecular formula is C23H31N7O. The number of benzene rings is 1. The molecule has 3 N–H and O–H groups in total. The molecule has 0 bridgehead atoms. The summed E-state index contributed by atoms with van der Waals surface area (Å²) < 4.78 is 0. The van der Waals surface area contributed by atoms with E-state index in [9.17, 15) is 4.79 Å². The summed E-state index contributed by atoms with van der Waals surface area (Å²) in [6.45, 7) is 10.5. The number of anilines is 1. The third kappa shape index (κ3) is 5.02. The average Bonchev–Trinajstić information content (AvgIpc) is 3.42. The van der Waals surface area contributed by atoms with Crippen molar-refractivity contribution in [2.45, 2.75) is 58.7 Å². The third-order valence-electron chi connectivity index (χ3n) is 5.59. The molecule has 3 aromatic rings. The average molecular weight is 422 g/mol. The van der Waals surface area contributed by atoms with Crippen molar-refractivity contribution in [3.05, 3.63) is 36.2 Å². The maximum Gasteiger partial charge on any atom is 0.251 e. The number of amides is 1. The molecule has 2 heterocycles. The van der Waals surface area contributed by atoms with Gasteiger partial charge in [0.1, 0.15) is 5.52 Å². The van der Waals surface area contributed by atoms with Crippen LogP contribution in [0.5, 0.6) is 0 Å². The molecule has 0 aliphatic heterocycles. The molecule has 4 rings (SSSR count). The van der Waals surface area contributed by atoms with Gasteiger partial charge in [-0.05, 0) is 52.7 Å². The third-order valence-corrected chi connectivity index (χ3v) is 5.59. The van der Waals surface area contributed by atoms with Crippen molar-refractivity contribution in [3.63, 3.8) is 0 Å². The van der Waals surface area contributed by atoms with Crippen molar-refractivity contribution in [1.29, 1.82) is 0 Å². The molecule has 0 unspecified atom stereocenters. The number of aromatic nitrogens is 4. The predicted molar refractivity (Wildman–Crippen MR) is 123 cm³/mol. The quantitative estimate of drug-likeness (QED) is 0.489. The highest BCUT2D eigenvalue weighted by molar-refractivity contribution is 5.95. The SMILES string of the molecule is CC(C)N(CCNc1nc(-c2ccc(C(=O)NC3CC3)cc2)nc2nc[nH]c12)C(C)C. The highest BCUT2D eigenvalue weighted by atomic mass is 16.1. The molecule has 0 spiro atoms. The van der Waals surface area contributed by atoms with Gasteiger partial charge in [-0.1, -0.05) is 12.1 Å². The summed E-state index contributed by atoms with van der Waals surface area (Å²) in [6, 6.07) is 8.71. The topological polar surface area (TPSA) is 98.8 Å². The number of nitrogens with zero attached hydrogens (tertiary/aromatic N) is 4. The fraction of sp³-hybridized carbons (Fsp3) is 0.478. The molecule has 164 valence electrons. The van der Waals surface area contributed by atoms with E-state index in [0.717, 1.165) is 42.8 Å². The van der Waals surface area contributed by atoms with Crippen LogP contribution in [0.2, 0.25) is 0 Å². The molecule has 1 aliphatic carbocycles. The van der Waals surface area contributed by atoms with Crippen LogP contribution >= 0.6 is 0 Å². The van der Waals surface area contributed by atoms with Crippen LogP contribution in [0.25, 0.3) is 22.6 Å². The highest BCUT2D eigenvalue weighted by Gasteiger charge is 2.23. The van der Waals surface area contributed by atoms with Crippen LogP contribution in [-0.4, -0.2) is 62.0 Å². The minimum Gasteiger partial charge on any atom is -0.367 e. The number of carbonyl (C=O) groups is 1. The van der Waals surface area contributed by atoms with E-state index in [4.69, 9.17) is 4.98 Å². The zero-order chi connectivity index (χ0) is 22.0. The molecule has 0 radical (unpaired) electrons. The standard InChI is InChI=1S/C23H31N7O/c1-14(2)30(15(3)4)12-11-24-21-19-22(26-13-25-19)29-20(28-21)16-5-7-17(8-6-16)23(31)27-18-9-10-18/h5-8,13-15,18H,9-12H2,1-4H3,(H,27,31)(H2,24,25,26,28,29). The van der Waals surface area contributed by atoms with Gasteiger partial charge in [-0.2, -0.15) is 0 Å². The Labute approximate surface area is 182 Å². The fourth-order valence-corrected chi connectivity index (χ4v) is 3.77. The molecule has 8 heteroatoms. The summed E-state index contributed by atoms with van der Waals surface area (Å²) >= 11 is 0. The Morgan fingerprint density at radius 3 is 2.48 bits per heavy atom. The van der Waals surface area contributed by atoms with Crippen LogP contribution in [0.1, 0.15) is 50.9 Å². The molecule has 31 heavy (non-hydrogen) atoms. The second kappa shape index (κ2) is 9.01. The summed E-state index contributed by atoms with van der Waals surface area (Å²) in [5, 5.41) is 6.46. The zero-order valence-corrected chi connectivity index (χ0v) is 18.6. The fourth-order valence-electron chi connectivity index (χ4n) is 3.77. The number of rotatable bonds is 9. The normalized spacial score (nSPS) is 14.0. The van der Waals surface area contributed by atoms with Crippen molar-refractivity contribution in [2.75, 3.05) is 18.4 Å². The molecular weight excluding hydrogens is 390 g/mol. The second-order valence-corrected chi connectivity index (χ2v) is 8.67. The number of hydrogen-bond donors (Lipinski definition) is 3. The smallest absolute Gasteiger partial charge is 0.251 e. The Balaban J connectivity index is 1.52. The van der Waals surface area contributed by atoms with E-state index in [0.29, 0.717) is 35.2 Å². The van der Waals surface area contributed by atoms with Crippen LogP contribution < -0.4 is 10.6 Å². The minimum atomic E-state index is -0.0278. The molecule has 1 aliphatic rings. The number of imidazole rings is 1. The summed E-state index contributed by atoms with van der Waals surface area (Å²) in [5.74, 6) is 1.29. The van der Waals surface area contributed by atoms with E-state index < -0.39 is 0 Å². The van der Waals surface area contributed by atoms with E-state index in [1.54, 1.807) is 6.33 Å².